The van der Waals surface area contributed by atoms with Gasteiger partial charge in [0.2, 0.25) is 15.6 Å². The Balaban J connectivity index is 1.41. The Kier molecular flexibility index (Phi) is 4.24. The molecule has 168 valence electrons. The molecule has 8 heteroatoms. The van der Waals surface area contributed by atoms with Gasteiger partial charge in [0, 0.05) is 12.5 Å². The Morgan fingerprint density at radius 1 is 1.06 bits per heavy atom. The molecule has 0 radical (unpaired) electrons. The van der Waals surface area contributed by atoms with Gasteiger partial charge in [0.25, 0.3) is 0 Å². The average molecular weight is 456 g/mol. The van der Waals surface area contributed by atoms with Crippen LogP contribution in [0.25, 0.3) is 0 Å². The number of sulfonamides is 1. The van der Waals surface area contributed by atoms with Gasteiger partial charge in [-0.15, -0.1) is 0 Å². The lowest BCUT2D eigenvalue weighted by atomic mass is 9.66. The first-order chi connectivity index (χ1) is 15.0. The lowest BCUT2D eigenvalue weighted by molar-refractivity contribution is -0.176. The van der Waals surface area contributed by atoms with Crippen molar-refractivity contribution in [2.45, 2.75) is 50.2 Å². The molecule has 2 aromatic carbocycles. The number of esters is 2. The number of fused-ring (bicyclic) bond motifs is 3. The smallest absolute Gasteiger partial charge is 0.356 e. The lowest BCUT2D eigenvalue weighted by Gasteiger charge is -2.34. The molecule has 7 nitrogen and oxygen atoms in total. The predicted octanol–water partition coefficient (Wildman–Crippen LogP) is 3.44. The minimum atomic E-state index is -3.55. The van der Waals surface area contributed by atoms with Gasteiger partial charge in [0.15, 0.2) is 0 Å². The molecule has 0 spiro atoms. The van der Waals surface area contributed by atoms with Crippen LogP contribution in [0.2, 0.25) is 0 Å². The highest BCUT2D eigenvalue weighted by molar-refractivity contribution is 7.89. The van der Waals surface area contributed by atoms with E-state index in [-0.39, 0.29) is 5.97 Å². The summed E-state index contributed by atoms with van der Waals surface area (Å²) in [4.78, 5) is 25.9. The van der Waals surface area contributed by atoms with Crippen molar-refractivity contribution in [3.8, 4) is 5.75 Å². The Hall–Kier alpha value is -2.71. The number of ether oxygens (including phenoxy) is 2. The molecule has 3 aliphatic rings. The minimum Gasteiger partial charge on any atom is -0.446 e. The summed E-state index contributed by atoms with van der Waals surface area (Å²) in [7, 11) is -2.00. The second-order valence-electron chi connectivity index (χ2n) is 9.59. The molecule has 0 unspecified atom stereocenters. The van der Waals surface area contributed by atoms with Crippen LogP contribution in [0.5, 0.6) is 5.75 Å². The highest BCUT2D eigenvalue weighted by Gasteiger charge is 2.76. The van der Waals surface area contributed by atoms with Crippen LogP contribution in [-0.4, -0.2) is 37.3 Å². The number of carbonyl (C=O) groups is 2. The van der Waals surface area contributed by atoms with Crippen molar-refractivity contribution in [2.24, 2.45) is 10.8 Å². The minimum absolute atomic E-state index is 0.302. The van der Waals surface area contributed by atoms with E-state index in [1.807, 2.05) is 32.9 Å². The zero-order chi connectivity index (χ0) is 23.1. The van der Waals surface area contributed by atoms with Crippen molar-refractivity contribution >= 4 is 22.0 Å². The van der Waals surface area contributed by atoms with Gasteiger partial charge in [0.05, 0.1) is 16.4 Å². The van der Waals surface area contributed by atoms with E-state index in [1.54, 1.807) is 43.4 Å². The van der Waals surface area contributed by atoms with Crippen molar-refractivity contribution in [3.63, 3.8) is 0 Å². The Morgan fingerprint density at radius 3 is 2.31 bits per heavy atom. The van der Waals surface area contributed by atoms with E-state index in [9.17, 15) is 18.0 Å². The monoisotopic (exact) mass is 455 g/mol. The molecular formula is C24H25NO6S. The van der Waals surface area contributed by atoms with Crippen molar-refractivity contribution in [2.75, 3.05) is 7.05 Å². The number of benzene rings is 2. The molecule has 0 amide bonds. The van der Waals surface area contributed by atoms with Gasteiger partial charge in [-0.2, -0.15) is 4.31 Å². The molecule has 0 aromatic heterocycles. The molecule has 2 fully saturated rings. The Labute approximate surface area is 187 Å². The van der Waals surface area contributed by atoms with E-state index in [0.717, 1.165) is 5.56 Å². The maximum absolute atomic E-state index is 13.2. The summed E-state index contributed by atoms with van der Waals surface area (Å²) in [5.41, 5.74) is -1.21. The molecule has 2 heterocycles. The van der Waals surface area contributed by atoms with Crippen LogP contribution in [0.3, 0.4) is 0 Å². The molecular weight excluding hydrogens is 430 g/mol. The second-order valence-corrected chi connectivity index (χ2v) is 11.6. The first-order valence-corrected chi connectivity index (χ1v) is 12.0. The molecule has 5 rings (SSSR count). The number of carbonyl (C=O) groups excluding carboxylic acids is 2. The van der Waals surface area contributed by atoms with E-state index in [4.69, 9.17) is 9.47 Å². The first-order valence-electron chi connectivity index (χ1n) is 10.6. The summed E-state index contributed by atoms with van der Waals surface area (Å²) < 4.78 is 38.1. The standard InChI is InChI=1S/C24H25NO6S/c1-22(2)23(3)13-14-24(22,31-20(23)26)21(27)30-16-11-9-15(10-12-16)19-17-7-5-6-8-18(17)32(28,29)25(19)4/h5-12,19H,13-14H2,1-4H3/t19-,23+,24-/m1/s1. The van der Waals surface area contributed by atoms with E-state index >= 15 is 0 Å². The second kappa shape index (κ2) is 6.42. The molecule has 1 saturated heterocycles. The van der Waals surface area contributed by atoms with Crippen molar-refractivity contribution in [1.29, 1.82) is 0 Å². The molecule has 2 aliphatic heterocycles. The highest BCUT2D eigenvalue weighted by atomic mass is 32.2. The van der Waals surface area contributed by atoms with Crippen molar-refractivity contribution in [3.05, 3.63) is 59.7 Å². The van der Waals surface area contributed by atoms with Crippen LogP contribution in [0, 0.1) is 10.8 Å². The summed E-state index contributed by atoms with van der Waals surface area (Å²) >= 11 is 0. The summed E-state index contributed by atoms with van der Waals surface area (Å²) in [5, 5.41) is 0. The zero-order valence-electron chi connectivity index (χ0n) is 18.4. The highest BCUT2D eigenvalue weighted by Crippen LogP contribution is 2.65. The average Bonchev–Trinajstić information content (AvgIpc) is 3.16. The number of nitrogens with zero attached hydrogens (tertiary/aromatic N) is 1. The summed E-state index contributed by atoms with van der Waals surface area (Å²) in [6.07, 6.45) is 1.01. The maximum Gasteiger partial charge on any atom is 0.356 e. The molecule has 1 aliphatic carbocycles. The summed E-state index contributed by atoms with van der Waals surface area (Å²) in [6.45, 7) is 5.60. The van der Waals surface area contributed by atoms with Crippen LogP contribution in [0.4, 0.5) is 0 Å². The van der Waals surface area contributed by atoms with Crippen LogP contribution >= 0.6 is 0 Å². The maximum atomic E-state index is 13.2. The number of rotatable bonds is 3. The van der Waals surface area contributed by atoms with E-state index in [2.05, 4.69) is 0 Å². The van der Waals surface area contributed by atoms with Crippen LogP contribution in [0.1, 0.15) is 50.8 Å². The lowest BCUT2D eigenvalue weighted by Crippen LogP contribution is -2.50. The molecule has 0 N–H and O–H groups in total. The normalized spacial score (nSPS) is 31.9. The molecule has 2 aromatic rings. The van der Waals surface area contributed by atoms with Gasteiger partial charge in [0.1, 0.15) is 5.75 Å². The van der Waals surface area contributed by atoms with Crippen molar-refractivity contribution in [1.82, 2.24) is 4.31 Å². The van der Waals surface area contributed by atoms with Crippen LogP contribution in [-0.2, 0) is 24.3 Å². The molecule has 3 atom stereocenters. The SMILES string of the molecule is CN1[C@H](c2ccc(OC(=O)[C@@]34CC[C@@](C)(C(=O)O3)C4(C)C)cc2)c2ccccc2S1(=O)=O. The van der Waals surface area contributed by atoms with E-state index in [0.29, 0.717) is 29.1 Å². The zero-order valence-corrected chi connectivity index (χ0v) is 19.2. The van der Waals surface area contributed by atoms with Gasteiger partial charge in [-0.05, 0) is 49.1 Å². The fourth-order valence-electron chi connectivity index (χ4n) is 5.43. The number of hydrogen-bond acceptors (Lipinski definition) is 6. The van der Waals surface area contributed by atoms with Crippen LogP contribution in [0.15, 0.2) is 53.4 Å². The van der Waals surface area contributed by atoms with Gasteiger partial charge in [-0.1, -0.05) is 44.2 Å². The first kappa shape index (κ1) is 21.2. The third-order valence-corrected chi connectivity index (χ3v) is 9.95. The molecule has 32 heavy (non-hydrogen) atoms. The topological polar surface area (TPSA) is 90.0 Å². The van der Waals surface area contributed by atoms with Gasteiger partial charge < -0.3 is 9.47 Å². The van der Waals surface area contributed by atoms with Gasteiger partial charge in [-0.3, -0.25) is 4.79 Å². The van der Waals surface area contributed by atoms with E-state index in [1.165, 1.54) is 4.31 Å². The largest absolute Gasteiger partial charge is 0.446 e. The third kappa shape index (κ3) is 2.42. The van der Waals surface area contributed by atoms with Gasteiger partial charge >= 0.3 is 11.9 Å². The predicted molar refractivity (Wildman–Crippen MR) is 115 cm³/mol. The van der Waals surface area contributed by atoms with Crippen molar-refractivity contribution < 1.29 is 27.5 Å². The Morgan fingerprint density at radius 2 is 1.72 bits per heavy atom. The fourth-order valence-corrected chi connectivity index (χ4v) is 6.98. The van der Waals surface area contributed by atoms with E-state index < -0.39 is 38.5 Å². The number of hydrogen-bond donors (Lipinski definition) is 0. The molecule has 1 saturated carbocycles. The van der Waals surface area contributed by atoms with Gasteiger partial charge in [-0.25, -0.2) is 13.2 Å². The van der Waals surface area contributed by atoms with Crippen LogP contribution < -0.4 is 4.74 Å². The molecule has 2 bridgehead atoms. The quantitative estimate of drug-likeness (QED) is 0.520. The summed E-state index contributed by atoms with van der Waals surface area (Å²) in [6, 6.07) is 13.3. The Bertz CT molecular complexity index is 1250. The summed E-state index contributed by atoms with van der Waals surface area (Å²) in [5.74, 6) is -0.613. The fraction of sp³-hybridized carbons (Fsp3) is 0.417. The third-order valence-electron chi connectivity index (χ3n) is 8.05.